The fraction of sp³-hybridized carbons (Fsp3) is 0.500. The van der Waals surface area contributed by atoms with Crippen LogP contribution >= 0.6 is 0 Å². The highest BCUT2D eigenvalue weighted by molar-refractivity contribution is 5.91. The molecule has 1 atom stereocenters. The van der Waals surface area contributed by atoms with Crippen LogP contribution in [0.1, 0.15) is 30.9 Å². The second-order valence-electron chi connectivity index (χ2n) is 8.83. The Morgan fingerprint density at radius 2 is 1.94 bits per heavy atom. The Hall–Kier alpha value is -2.88. The largest absolute Gasteiger partial charge is 0.416 e. The van der Waals surface area contributed by atoms with E-state index in [9.17, 15) is 22.8 Å². The molecule has 1 aromatic heterocycles. The van der Waals surface area contributed by atoms with E-state index >= 15 is 0 Å². The van der Waals surface area contributed by atoms with Gasteiger partial charge in [0, 0.05) is 45.6 Å². The molecular weight excluding hydrogens is 423 g/mol. The summed E-state index contributed by atoms with van der Waals surface area (Å²) in [6, 6.07) is 5.23. The summed E-state index contributed by atoms with van der Waals surface area (Å²) in [6.45, 7) is 4.61. The van der Waals surface area contributed by atoms with Crippen LogP contribution in [-0.2, 0) is 17.5 Å². The first-order chi connectivity index (χ1) is 15.1. The predicted octanol–water partition coefficient (Wildman–Crippen LogP) is 3.45. The lowest BCUT2D eigenvalue weighted by molar-refractivity contribution is -0.137. The Morgan fingerprint density at radius 3 is 2.66 bits per heavy atom. The Kier molecular flexibility index (Phi) is 5.74. The molecule has 7 nitrogen and oxygen atoms in total. The van der Waals surface area contributed by atoms with Crippen molar-refractivity contribution in [3.8, 4) is 0 Å². The summed E-state index contributed by atoms with van der Waals surface area (Å²) < 4.78 is 40.2. The number of rotatable bonds is 3. The lowest BCUT2D eigenvalue weighted by Gasteiger charge is -2.25. The number of carbonyl (C=O) groups excluding carboxylic acids is 2. The molecule has 0 radical (unpaired) electrons. The molecule has 0 saturated carbocycles. The van der Waals surface area contributed by atoms with Crippen molar-refractivity contribution >= 4 is 17.6 Å². The highest BCUT2D eigenvalue weighted by Crippen LogP contribution is 2.40. The highest BCUT2D eigenvalue weighted by atomic mass is 19.4. The zero-order valence-corrected chi connectivity index (χ0v) is 18.1. The first-order valence-corrected chi connectivity index (χ1v) is 10.5. The Labute approximate surface area is 184 Å². The number of halogens is 3. The molecule has 10 heteroatoms. The van der Waals surface area contributed by atoms with Gasteiger partial charge in [-0.3, -0.25) is 9.69 Å². The van der Waals surface area contributed by atoms with E-state index < -0.39 is 11.7 Å². The molecule has 2 aliphatic heterocycles. The van der Waals surface area contributed by atoms with Crippen molar-refractivity contribution in [1.82, 2.24) is 19.6 Å². The Bertz CT molecular complexity index is 1020. The molecule has 4 rings (SSSR count). The molecule has 2 aromatic rings. The number of carbonyl (C=O) groups is 2. The van der Waals surface area contributed by atoms with E-state index in [1.807, 2.05) is 0 Å². The predicted molar refractivity (Wildman–Crippen MR) is 112 cm³/mol. The van der Waals surface area contributed by atoms with Gasteiger partial charge >= 0.3 is 12.2 Å². The molecule has 1 spiro atoms. The first kappa shape index (κ1) is 22.3. The molecule has 2 saturated heterocycles. The summed E-state index contributed by atoms with van der Waals surface area (Å²) in [4.78, 5) is 29.8. The molecule has 0 aliphatic carbocycles. The van der Waals surface area contributed by atoms with Crippen molar-refractivity contribution in [1.29, 1.82) is 0 Å². The monoisotopic (exact) mass is 449 g/mol. The van der Waals surface area contributed by atoms with Gasteiger partial charge in [-0.05, 0) is 31.0 Å². The van der Waals surface area contributed by atoms with Crippen LogP contribution < -0.4 is 4.90 Å². The molecule has 172 valence electrons. The van der Waals surface area contributed by atoms with Crippen molar-refractivity contribution in [3.63, 3.8) is 0 Å². The number of nitrogens with zero attached hydrogens (tertiary/aromatic N) is 5. The molecule has 1 aromatic carbocycles. The summed E-state index contributed by atoms with van der Waals surface area (Å²) in [5.41, 5.74) is 0.508. The normalized spacial score (nSPS) is 21.5. The fourth-order valence-electron chi connectivity index (χ4n) is 4.62. The SMILES string of the molecule is CC(=O)N(C)c1cnn(C(=O)N2CC[C@]3(CCN(Cc4cccc(C(F)(F)F)c4)C3)C2)c1. The number of aromatic nitrogens is 2. The van der Waals surface area contributed by atoms with Gasteiger partial charge in [-0.15, -0.1) is 0 Å². The van der Waals surface area contributed by atoms with Crippen LogP contribution in [0.2, 0.25) is 0 Å². The van der Waals surface area contributed by atoms with Crippen LogP contribution in [0.4, 0.5) is 23.7 Å². The lowest BCUT2D eigenvalue weighted by atomic mass is 9.86. The standard InChI is InChI=1S/C22H26F3N5O2/c1-16(31)27(2)19-11-26-30(13-19)20(32)29-9-7-21(15-29)6-8-28(14-21)12-17-4-3-5-18(10-17)22(23,24)25/h3-5,10-11,13H,6-9,12,14-15H2,1-2H3/t21-/m0/s1. The van der Waals surface area contributed by atoms with Crippen LogP contribution in [0.15, 0.2) is 36.7 Å². The minimum absolute atomic E-state index is 0.0521. The van der Waals surface area contributed by atoms with Crippen molar-refractivity contribution in [2.45, 2.75) is 32.5 Å². The maximum Gasteiger partial charge on any atom is 0.416 e. The third-order valence-corrected chi connectivity index (χ3v) is 6.51. The van der Waals surface area contributed by atoms with Gasteiger partial charge in [0.15, 0.2) is 0 Å². The number of anilines is 1. The van der Waals surface area contributed by atoms with E-state index in [2.05, 4.69) is 10.00 Å². The van der Waals surface area contributed by atoms with Crippen molar-refractivity contribution < 1.29 is 22.8 Å². The first-order valence-electron chi connectivity index (χ1n) is 10.5. The molecule has 0 N–H and O–H groups in total. The molecule has 0 bridgehead atoms. The summed E-state index contributed by atoms with van der Waals surface area (Å²) in [7, 11) is 1.62. The van der Waals surface area contributed by atoms with Crippen molar-refractivity contribution in [3.05, 3.63) is 47.8 Å². The number of likely N-dealkylation sites (tertiary alicyclic amines) is 2. The maximum absolute atomic E-state index is 13.0. The molecule has 2 amide bonds. The van der Waals surface area contributed by atoms with E-state index in [0.717, 1.165) is 32.0 Å². The molecule has 2 fully saturated rings. The second kappa shape index (κ2) is 8.23. The molecule has 2 aliphatic rings. The number of alkyl halides is 3. The summed E-state index contributed by atoms with van der Waals surface area (Å²) in [5, 5.41) is 4.11. The summed E-state index contributed by atoms with van der Waals surface area (Å²) >= 11 is 0. The Morgan fingerprint density at radius 1 is 1.19 bits per heavy atom. The highest BCUT2D eigenvalue weighted by Gasteiger charge is 2.45. The van der Waals surface area contributed by atoms with E-state index in [4.69, 9.17) is 0 Å². The average molecular weight is 449 g/mol. The number of amides is 2. The van der Waals surface area contributed by atoms with Gasteiger partial charge in [0.05, 0.1) is 23.6 Å². The number of hydrogen-bond donors (Lipinski definition) is 0. The Balaban J connectivity index is 1.37. The van der Waals surface area contributed by atoms with Gasteiger partial charge in [-0.2, -0.15) is 23.0 Å². The summed E-state index contributed by atoms with van der Waals surface area (Å²) in [6.07, 6.45) is 0.424. The van der Waals surface area contributed by atoms with Crippen LogP contribution in [0, 0.1) is 5.41 Å². The average Bonchev–Trinajstić information content (AvgIpc) is 3.47. The van der Waals surface area contributed by atoms with Gasteiger partial charge in [0.1, 0.15) is 0 Å². The summed E-state index contributed by atoms with van der Waals surface area (Å²) in [5.74, 6) is -0.149. The maximum atomic E-state index is 13.0. The smallest absolute Gasteiger partial charge is 0.322 e. The molecule has 32 heavy (non-hydrogen) atoms. The third-order valence-electron chi connectivity index (χ3n) is 6.51. The van der Waals surface area contributed by atoms with Gasteiger partial charge in [0.2, 0.25) is 5.91 Å². The van der Waals surface area contributed by atoms with Crippen LogP contribution in [0.3, 0.4) is 0 Å². The van der Waals surface area contributed by atoms with Crippen molar-refractivity contribution in [2.24, 2.45) is 5.41 Å². The molecular formula is C22H26F3N5O2. The topological polar surface area (TPSA) is 61.7 Å². The zero-order valence-electron chi connectivity index (χ0n) is 18.1. The fourth-order valence-corrected chi connectivity index (χ4v) is 4.62. The van der Waals surface area contributed by atoms with E-state index in [1.165, 1.54) is 34.8 Å². The lowest BCUT2D eigenvalue weighted by Crippen LogP contribution is -2.36. The van der Waals surface area contributed by atoms with E-state index in [-0.39, 0.29) is 17.4 Å². The van der Waals surface area contributed by atoms with E-state index in [1.54, 1.807) is 24.2 Å². The van der Waals surface area contributed by atoms with Gasteiger partial charge < -0.3 is 9.80 Å². The molecule has 3 heterocycles. The van der Waals surface area contributed by atoms with Crippen molar-refractivity contribution in [2.75, 3.05) is 38.1 Å². The number of benzene rings is 1. The quantitative estimate of drug-likeness (QED) is 0.720. The third kappa shape index (κ3) is 4.50. The molecule has 0 unspecified atom stereocenters. The van der Waals surface area contributed by atoms with Gasteiger partial charge in [-0.25, -0.2) is 4.79 Å². The minimum atomic E-state index is -4.35. The van der Waals surface area contributed by atoms with Gasteiger partial charge in [-0.1, -0.05) is 18.2 Å². The van der Waals surface area contributed by atoms with Crippen LogP contribution in [0.25, 0.3) is 0 Å². The minimum Gasteiger partial charge on any atom is -0.322 e. The van der Waals surface area contributed by atoms with Crippen LogP contribution in [0.5, 0.6) is 0 Å². The van der Waals surface area contributed by atoms with Gasteiger partial charge in [0.25, 0.3) is 0 Å². The van der Waals surface area contributed by atoms with E-state index in [0.29, 0.717) is 30.9 Å². The number of hydrogen-bond acceptors (Lipinski definition) is 4. The second-order valence-corrected chi connectivity index (χ2v) is 8.83. The van der Waals surface area contributed by atoms with Crippen LogP contribution in [-0.4, -0.2) is 64.7 Å². The zero-order chi connectivity index (χ0) is 23.1.